The molecule has 0 fully saturated rings. The SMILES string of the molecule is [C-]#[N+]c1c(-n2c3ccccc3c3ccccc32)c(C#N)c(-n2c3ccccc3c3ccccc32)c(-n2c3cccc(-c4cccc5sc6ccccc6c45)c3c3ccc4c5ccccc5sc4c32)c1-n1c2ccccc2c2ccccc21. The first-order valence-electron chi connectivity index (χ1n) is 27.4. The zero-order chi connectivity index (χ0) is 53.9. The number of fused-ring (bicyclic) bond motifs is 19. The third-order valence-corrected chi connectivity index (χ3v) is 19.5. The maximum atomic E-state index is 12.8. The van der Waals surface area contributed by atoms with Crippen molar-refractivity contribution < 1.29 is 0 Å². The van der Waals surface area contributed by atoms with Crippen LogP contribution in [0, 0.1) is 17.9 Å². The first kappa shape index (κ1) is 45.2. The van der Waals surface area contributed by atoms with Gasteiger partial charge in [-0.1, -0.05) is 182 Å². The van der Waals surface area contributed by atoms with E-state index in [2.05, 4.69) is 267 Å². The number of rotatable bonds is 5. The van der Waals surface area contributed by atoms with Crippen LogP contribution < -0.4 is 0 Å². The van der Waals surface area contributed by atoms with Crippen LogP contribution in [0.5, 0.6) is 0 Å². The lowest BCUT2D eigenvalue weighted by Gasteiger charge is -2.27. The van der Waals surface area contributed by atoms with E-state index < -0.39 is 0 Å². The molecule has 0 radical (unpaired) electrons. The molecule has 0 bridgehead atoms. The maximum absolute atomic E-state index is 12.8. The van der Waals surface area contributed by atoms with Crippen LogP contribution >= 0.6 is 22.7 Å². The fourth-order valence-corrected chi connectivity index (χ4v) is 16.4. The van der Waals surface area contributed by atoms with Gasteiger partial charge in [0.15, 0.2) is 0 Å². The summed E-state index contributed by atoms with van der Waals surface area (Å²) in [6.07, 6.45) is 0. The second-order valence-corrected chi connectivity index (χ2v) is 23.3. The van der Waals surface area contributed by atoms with Crippen molar-refractivity contribution in [1.29, 1.82) is 5.26 Å². The Balaban J connectivity index is 1.16. The normalized spacial score (nSPS) is 12.1. The standard InChI is InChI=1S/C74H40N6S2/c1-76-68-69(77-56-30-10-2-20-43(56)44-21-3-11-31-57(44)77)55(42-75)70(78-58-32-12-4-22-45(58)46-23-5-13-33-59(46)78)73(72(68)79-60-34-14-6-24-47(60)48-25-7-15-35-61(48)79)80-62-36-18-28-50(51-29-19-39-65-67(51)53-27-9-17-38-64(53)81-65)66(62)54-41-40-52-49-26-8-16-37-63(49)82-74(52)71(54)80/h2-41H. The van der Waals surface area contributed by atoms with Gasteiger partial charge in [-0.2, -0.15) is 5.26 Å². The summed E-state index contributed by atoms with van der Waals surface area (Å²) in [4.78, 5) is 4.85. The average Bonchev–Trinajstić information content (AvgIpc) is 1.91. The van der Waals surface area contributed by atoms with Gasteiger partial charge < -0.3 is 18.3 Å². The van der Waals surface area contributed by atoms with E-state index in [4.69, 9.17) is 4.85 Å². The van der Waals surface area contributed by atoms with Gasteiger partial charge in [0.1, 0.15) is 6.07 Å². The molecule has 0 saturated heterocycles. The molecular formula is C74H40N6S2. The molecule has 0 saturated carbocycles. The Kier molecular flexibility index (Phi) is 9.30. The van der Waals surface area contributed by atoms with E-state index in [1.165, 1.54) is 30.3 Å². The Morgan fingerprint density at radius 1 is 0.317 bits per heavy atom. The van der Waals surface area contributed by atoms with Crippen molar-refractivity contribution in [2.75, 3.05) is 0 Å². The Bertz CT molecular complexity index is 5630. The number of hydrogen-bond donors (Lipinski definition) is 0. The van der Waals surface area contributed by atoms with Crippen LogP contribution in [0.3, 0.4) is 0 Å². The summed E-state index contributed by atoms with van der Waals surface area (Å²) in [5, 5.41) is 26.0. The highest BCUT2D eigenvalue weighted by Crippen LogP contribution is 2.54. The molecule has 12 aromatic carbocycles. The first-order chi connectivity index (χ1) is 40.7. The highest BCUT2D eigenvalue weighted by molar-refractivity contribution is 7.27. The van der Waals surface area contributed by atoms with Gasteiger partial charge in [-0.25, -0.2) is 4.85 Å². The van der Waals surface area contributed by atoms with E-state index in [1.807, 2.05) is 11.3 Å². The lowest BCUT2D eigenvalue weighted by Crippen LogP contribution is -2.14. The molecule has 0 spiro atoms. The van der Waals surface area contributed by atoms with Gasteiger partial charge in [0.25, 0.3) is 0 Å². The van der Waals surface area contributed by atoms with Gasteiger partial charge >= 0.3 is 0 Å². The van der Waals surface area contributed by atoms with Crippen LogP contribution in [0.15, 0.2) is 243 Å². The molecule has 0 aliphatic carbocycles. The molecule has 378 valence electrons. The number of nitrogens with zero attached hydrogens (tertiary/aromatic N) is 6. The number of nitriles is 1. The zero-order valence-corrected chi connectivity index (χ0v) is 45.2. The van der Waals surface area contributed by atoms with Crippen molar-refractivity contribution in [3.05, 3.63) is 260 Å². The third kappa shape index (κ3) is 5.88. The molecule has 0 amide bonds. The smallest absolute Gasteiger partial charge is 0.237 e. The largest absolute Gasteiger partial charge is 0.318 e. The second-order valence-electron chi connectivity index (χ2n) is 21.2. The minimum absolute atomic E-state index is 0.360. The minimum Gasteiger partial charge on any atom is -0.318 e. The minimum atomic E-state index is 0.360. The molecule has 0 atom stereocenters. The van der Waals surface area contributed by atoms with E-state index >= 15 is 0 Å². The van der Waals surface area contributed by atoms with Gasteiger partial charge in [-0.15, -0.1) is 22.7 Å². The highest BCUT2D eigenvalue weighted by Gasteiger charge is 2.35. The van der Waals surface area contributed by atoms with Crippen molar-refractivity contribution in [3.63, 3.8) is 0 Å². The molecule has 6 aromatic heterocycles. The third-order valence-electron chi connectivity index (χ3n) is 17.2. The number of thiophene rings is 2. The Hall–Kier alpha value is -10.7. The summed E-state index contributed by atoms with van der Waals surface area (Å²) < 4.78 is 14.1. The van der Waals surface area contributed by atoms with E-state index in [0.29, 0.717) is 28.3 Å². The van der Waals surface area contributed by atoms with Gasteiger partial charge in [0.05, 0.1) is 83.7 Å². The van der Waals surface area contributed by atoms with Crippen molar-refractivity contribution in [2.45, 2.75) is 0 Å². The van der Waals surface area contributed by atoms with Gasteiger partial charge in [-0.05, 0) is 71.8 Å². The van der Waals surface area contributed by atoms with E-state index in [0.717, 1.165) is 114 Å². The maximum Gasteiger partial charge on any atom is 0.237 e. The predicted molar refractivity (Wildman–Crippen MR) is 346 cm³/mol. The van der Waals surface area contributed by atoms with Crippen LogP contribution in [0.25, 0.3) is 166 Å². The molecule has 6 heterocycles. The van der Waals surface area contributed by atoms with Crippen molar-refractivity contribution >= 4 is 156 Å². The van der Waals surface area contributed by atoms with Gasteiger partial charge in [0.2, 0.25) is 5.69 Å². The van der Waals surface area contributed by atoms with E-state index in [-0.39, 0.29) is 0 Å². The Morgan fingerprint density at radius 3 is 1.24 bits per heavy atom. The molecule has 0 N–H and O–H groups in total. The number of para-hydroxylation sites is 6. The molecule has 0 unspecified atom stereocenters. The molecule has 18 rings (SSSR count). The van der Waals surface area contributed by atoms with Gasteiger partial charge in [-0.3, -0.25) is 0 Å². The first-order valence-corrected chi connectivity index (χ1v) is 29.1. The van der Waals surface area contributed by atoms with Crippen LogP contribution in [0.1, 0.15) is 5.56 Å². The highest BCUT2D eigenvalue weighted by atomic mass is 32.1. The average molecular weight is 1080 g/mol. The van der Waals surface area contributed by atoms with Crippen LogP contribution in [-0.2, 0) is 0 Å². The molecule has 6 nitrogen and oxygen atoms in total. The van der Waals surface area contributed by atoms with Crippen molar-refractivity contribution in [1.82, 2.24) is 18.3 Å². The summed E-state index contributed by atoms with van der Waals surface area (Å²) in [6.45, 7) is 9.94. The summed E-state index contributed by atoms with van der Waals surface area (Å²) in [7, 11) is 0. The van der Waals surface area contributed by atoms with Crippen LogP contribution in [0.4, 0.5) is 5.69 Å². The topological polar surface area (TPSA) is 47.9 Å². The Labute approximate surface area is 476 Å². The number of benzene rings is 12. The van der Waals surface area contributed by atoms with Crippen LogP contribution in [-0.4, -0.2) is 18.3 Å². The monoisotopic (exact) mass is 1080 g/mol. The number of aromatic nitrogens is 4. The molecule has 18 aromatic rings. The molecule has 0 aliphatic rings. The van der Waals surface area contributed by atoms with E-state index in [9.17, 15) is 11.8 Å². The fraction of sp³-hybridized carbons (Fsp3) is 0. The summed E-state index contributed by atoms with van der Waals surface area (Å²) in [5.41, 5.74) is 13.2. The van der Waals surface area contributed by atoms with Crippen molar-refractivity contribution in [3.8, 4) is 39.9 Å². The predicted octanol–water partition coefficient (Wildman–Crippen LogP) is 20.9. The quantitative estimate of drug-likeness (QED) is 0.158. The van der Waals surface area contributed by atoms with Crippen LogP contribution in [0.2, 0.25) is 0 Å². The summed E-state index contributed by atoms with van der Waals surface area (Å²) in [6, 6.07) is 89.7. The lowest BCUT2D eigenvalue weighted by atomic mass is 9.95. The summed E-state index contributed by atoms with van der Waals surface area (Å²) in [5.74, 6) is 0. The van der Waals surface area contributed by atoms with Crippen molar-refractivity contribution in [2.24, 2.45) is 0 Å². The van der Waals surface area contributed by atoms with E-state index in [1.54, 1.807) is 11.3 Å². The Morgan fingerprint density at radius 2 is 0.720 bits per heavy atom. The molecule has 82 heavy (non-hydrogen) atoms. The second kappa shape index (κ2) is 16.9. The van der Waals surface area contributed by atoms with Gasteiger partial charge in [0, 0.05) is 78.7 Å². The lowest BCUT2D eigenvalue weighted by molar-refractivity contribution is 1.03. The zero-order valence-electron chi connectivity index (χ0n) is 43.6. The molecular weight excluding hydrogens is 1040 g/mol. The fourth-order valence-electron chi connectivity index (χ4n) is 14.0. The number of hydrogen-bond acceptors (Lipinski definition) is 3. The molecule has 0 aliphatic heterocycles. The summed E-state index contributed by atoms with van der Waals surface area (Å²) >= 11 is 3.63. The molecule has 8 heteroatoms.